The van der Waals surface area contributed by atoms with E-state index in [1.807, 2.05) is 25.1 Å². The van der Waals surface area contributed by atoms with E-state index in [1.165, 1.54) is 4.70 Å². The van der Waals surface area contributed by atoms with Crippen LogP contribution in [0.4, 0.5) is 0 Å². The van der Waals surface area contributed by atoms with Crippen molar-refractivity contribution in [2.24, 2.45) is 0 Å². The average Bonchev–Trinajstić information content (AvgIpc) is 3.04. The van der Waals surface area contributed by atoms with Gasteiger partial charge in [-0.25, -0.2) is 0 Å². The Balaban J connectivity index is 1.58. The number of benzene rings is 1. The van der Waals surface area contributed by atoms with Crippen LogP contribution in [-0.2, 0) is 4.79 Å². The summed E-state index contributed by atoms with van der Waals surface area (Å²) < 4.78 is 1.19. The smallest absolute Gasteiger partial charge is 0.270 e. The Hall–Kier alpha value is -2.73. The second kappa shape index (κ2) is 7.23. The van der Waals surface area contributed by atoms with Crippen LogP contribution >= 0.6 is 11.3 Å². The lowest BCUT2D eigenvalue weighted by Crippen LogP contribution is -2.38. The molecule has 2 amide bonds. The Bertz CT molecular complexity index is 861. The Labute approximate surface area is 143 Å². The molecular formula is C18H17N3O2S. The highest BCUT2D eigenvalue weighted by Crippen LogP contribution is 2.29. The number of amides is 2. The van der Waals surface area contributed by atoms with Gasteiger partial charge in [-0.3, -0.25) is 14.6 Å². The zero-order valence-corrected chi connectivity index (χ0v) is 14.0. The number of pyridine rings is 1. The highest BCUT2D eigenvalue weighted by molar-refractivity contribution is 7.17. The number of hydrogen-bond donors (Lipinski definition) is 2. The van der Waals surface area contributed by atoms with Gasteiger partial charge in [-0.05, 0) is 41.5 Å². The second-order valence-corrected chi connectivity index (χ2v) is 6.29. The third-order valence-corrected chi connectivity index (χ3v) is 4.64. The molecule has 2 heterocycles. The topological polar surface area (TPSA) is 71.1 Å². The van der Waals surface area contributed by atoms with Gasteiger partial charge in [0.25, 0.3) is 5.91 Å². The third kappa shape index (κ3) is 3.60. The molecule has 2 N–H and O–H groups in total. The molecule has 0 bridgehead atoms. The molecule has 0 spiro atoms. The van der Waals surface area contributed by atoms with Gasteiger partial charge in [0.1, 0.15) is 5.69 Å². The molecule has 0 aliphatic heterocycles. The van der Waals surface area contributed by atoms with Gasteiger partial charge in [0, 0.05) is 10.9 Å². The molecule has 6 heteroatoms. The molecule has 0 fully saturated rings. The molecule has 5 nitrogen and oxygen atoms in total. The third-order valence-electron chi connectivity index (χ3n) is 3.66. The lowest BCUT2D eigenvalue weighted by Gasteiger charge is -2.14. The van der Waals surface area contributed by atoms with Gasteiger partial charge in [0.2, 0.25) is 5.91 Å². The SMILES string of the molecule is CC(NC(=O)CNC(=O)c1ccccn1)c1csc2ccccc12. The molecule has 3 aromatic rings. The highest BCUT2D eigenvalue weighted by Gasteiger charge is 2.15. The summed E-state index contributed by atoms with van der Waals surface area (Å²) in [5, 5.41) is 8.69. The van der Waals surface area contributed by atoms with Crippen molar-refractivity contribution in [3.05, 3.63) is 65.3 Å². The van der Waals surface area contributed by atoms with Crippen molar-refractivity contribution in [2.45, 2.75) is 13.0 Å². The van der Waals surface area contributed by atoms with E-state index in [0.717, 1.165) is 10.9 Å². The van der Waals surface area contributed by atoms with Crippen molar-refractivity contribution in [3.8, 4) is 0 Å². The van der Waals surface area contributed by atoms with Crippen LogP contribution in [-0.4, -0.2) is 23.3 Å². The van der Waals surface area contributed by atoms with Gasteiger partial charge in [-0.15, -0.1) is 11.3 Å². The molecule has 24 heavy (non-hydrogen) atoms. The van der Waals surface area contributed by atoms with Crippen molar-refractivity contribution in [3.63, 3.8) is 0 Å². The molecule has 0 saturated heterocycles. The molecular weight excluding hydrogens is 322 g/mol. The van der Waals surface area contributed by atoms with E-state index in [0.29, 0.717) is 5.69 Å². The number of nitrogens with one attached hydrogen (secondary N) is 2. The Morgan fingerprint density at radius 3 is 2.75 bits per heavy atom. The zero-order valence-electron chi connectivity index (χ0n) is 13.2. The van der Waals surface area contributed by atoms with Crippen LogP contribution in [0.2, 0.25) is 0 Å². The zero-order chi connectivity index (χ0) is 16.9. The van der Waals surface area contributed by atoms with Gasteiger partial charge in [0.05, 0.1) is 12.6 Å². The first-order valence-electron chi connectivity index (χ1n) is 7.60. The number of aromatic nitrogens is 1. The average molecular weight is 339 g/mol. The summed E-state index contributed by atoms with van der Waals surface area (Å²) in [4.78, 5) is 27.9. The number of fused-ring (bicyclic) bond motifs is 1. The van der Waals surface area contributed by atoms with E-state index in [-0.39, 0.29) is 24.4 Å². The van der Waals surface area contributed by atoms with Crippen LogP contribution in [0.1, 0.15) is 29.0 Å². The lowest BCUT2D eigenvalue weighted by atomic mass is 10.1. The summed E-state index contributed by atoms with van der Waals surface area (Å²) in [6.45, 7) is 1.86. The van der Waals surface area contributed by atoms with Crippen LogP contribution in [0.3, 0.4) is 0 Å². The fraction of sp³-hybridized carbons (Fsp3) is 0.167. The normalized spacial score (nSPS) is 11.9. The second-order valence-electron chi connectivity index (χ2n) is 5.37. The van der Waals surface area contributed by atoms with Crippen molar-refractivity contribution in [1.82, 2.24) is 15.6 Å². The minimum absolute atomic E-state index is 0.0815. The van der Waals surface area contributed by atoms with Gasteiger partial charge in [-0.2, -0.15) is 0 Å². The summed E-state index contributed by atoms with van der Waals surface area (Å²) in [5.74, 6) is -0.596. The molecule has 2 aromatic heterocycles. The largest absolute Gasteiger partial charge is 0.348 e. The van der Waals surface area contributed by atoms with Crippen molar-refractivity contribution in [1.29, 1.82) is 0 Å². The molecule has 1 atom stereocenters. The van der Waals surface area contributed by atoms with E-state index >= 15 is 0 Å². The van der Waals surface area contributed by atoms with Crippen LogP contribution in [0.15, 0.2) is 54.0 Å². The molecule has 0 aliphatic carbocycles. The van der Waals surface area contributed by atoms with E-state index in [4.69, 9.17) is 0 Å². The molecule has 3 rings (SSSR count). The van der Waals surface area contributed by atoms with Gasteiger partial charge in [0.15, 0.2) is 0 Å². The van der Waals surface area contributed by atoms with Crippen LogP contribution in [0.5, 0.6) is 0 Å². The first kappa shape index (κ1) is 16.1. The Kier molecular flexibility index (Phi) is 4.86. The summed E-state index contributed by atoms with van der Waals surface area (Å²) in [6, 6.07) is 13.0. The van der Waals surface area contributed by atoms with E-state index < -0.39 is 0 Å². The predicted octanol–water partition coefficient (Wildman–Crippen LogP) is 2.90. The Morgan fingerprint density at radius 2 is 1.96 bits per heavy atom. The Morgan fingerprint density at radius 1 is 1.17 bits per heavy atom. The summed E-state index contributed by atoms with van der Waals surface area (Å²) in [6.07, 6.45) is 1.54. The van der Waals surface area contributed by atoms with E-state index in [2.05, 4.69) is 27.1 Å². The van der Waals surface area contributed by atoms with Gasteiger partial charge < -0.3 is 10.6 Å². The number of carbonyl (C=O) groups excluding carboxylic acids is 2. The minimum Gasteiger partial charge on any atom is -0.348 e. The fourth-order valence-electron chi connectivity index (χ4n) is 2.45. The molecule has 0 aliphatic rings. The van der Waals surface area contributed by atoms with Crippen LogP contribution in [0.25, 0.3) is 10.1 Å². The molecule has 1 aromatic carbocycles. The number of nitrogens with zero attached hydrogens (tertiary/aromatic N) is 1. The molecule has 0 radical (unpaired) electrons. The minimum atomic E-state index is -0.362. The maximum absolute atomic E-state index is 12.1. The quantitative estimate of drug-likeness (QED) is 0.751. The maximum atomic E-state index is 12.1. The maximum Gasteiger partial charge on any atom is 0.270 e. The standard InChI is InChI=1S/C18H17N3O2S/c1-12(14-11-24-16-8-3-2-6-13(14)16)21-17(22)10-20-18(23)15-7-4-5-9-19-15/h2-9,11-12H,10H2,1H3,(H,20,23)(H,21,22). The number of hydrogen-bond acceptors (Lipinski definition) is 4. The molecule has 0 saturated carbocycles. The lowest BCUT2D eigenvalue weighted by molar-refractivity contribution is -0.120. The van der Waals surface area contributed by atoms with Crippen LogP contribution in [0, 0.1) is 0 Å². The highest BCUT2D eigenvalue weighted by atomic mass is 32.1. The van der Waals surface area contributed by atoms with Crippen molar-refractivity contribution < 1.29 is 9.59 Å². The predicted molar refractivity (Wildman–Crippen MR) is 95.0 cm³/mol. The summed E-state index contributed by atoms with van der Waals surface area (Å²) >= 11 is 1.66. The first-order chi connectivity index (χ1) is 11.6. The van der Waals surface area contributed by atoms with E-state index in [9.17, 15) is 9.59 Å². The summed E-state index contributed by atoms with van der Waals surface area (Å²) in [7, 11) is 0. The van der Waals surface area contributed by atoms with Gasteiger partial charge >= 0.3 is 0 Å². The number of carbonyl (C=O) groups is 2. The monoisotopic (exact) mass is 339 g/mol. The van der Waals surface area contributed by atoms with Crippen molar-refractivity contribution >= 4 is 33.2 Å². The van der Waals surface area contributed by atoms with E-state index in [1.54, 1.807) is 35.7 Å². The number of rotatable bonds is 5. The fourth-order valence-corrected chi connectivity index (χ4v) is 3.51. The molecule has 122 valence electrons. The molecule has 1 unspecified atom stereocenters. The number of thiophene rings is 1. The van der Waals surface area contributed by atoms with Crippen LogP contribution < -0.4 is 10.6 Å². The summed E-state index contributed by atoms with van der Waals surface area (Å²) in [5.41, 5.74) is 1.38. The van der Waals surface area contributed by atoms with Gasteiger partial charge in [-0.1, -0.05) is 24.3 Å². The van der Waals surface area contributed by atoms with Crippen molar-refractivity contribution in [2.75, 3.05) is 6.54 Å². The first-order valence-corrected chi connectivity index (χ1v) is 8.48.